The number of benzene rings is 1. The van der Waals surface area contributed by atoms with Gasteiger partial charge in [0.25, 0.3) is 5.91 Å². The van der Waals surface area contributed by atoms with E-state index in [1.807, 2.05) is 30.3 Å². The SMILES string of the molecule is C[Si](C)(C)OCC1Cn2nc(COc3ccccc3)cc2C(=O)N1. The summed E-state index contributed by atoms with van der Waals surface area (Å²) in [6, 6.07) is 11.3. The van der Waals surface area contributed by atoms with E-state index < -0.39 is 8.32 Å². The van der Waals surface area contributed by atoms with E-state index in [0.717, 1.165) is 11.4 Å². The first kappa shape index (κ1) is 16.7. The predicted octanol–water partition coefficient (Wildman–Crippen LogP) is 2.43. The molecule has 0 radical (unpaired) electrons. The van der Waals surface area contributed by atoms with Crippen LogP contribution in [-0.2, 0) is 17.6 Å². The van der Waals surface area contributed by atoms with E-state index in [1.165, 1.54) is 0 Å². The maximum atomic E-state index is 12.3. The van der Waals surface area contributed by atoms with Crippen LogP contribution in [0.1, 0.15) is 16.2 Å². The van der Waals surface area contributed by atoms with Gasteiger partial charge in [-0.1, -0.05) is 18.2 Å². The molecule has 0 saturated carbocycles. The summed E-state index contributed by atoms with van der Waals surface area (Å²) >= 11 is 0. The largest absolute Gasteiger partial charge is 0.487 e. The Hall–Kier alpha value is -2.12. The molecule has 1 aliphatic heterocycles. The molecule has 0 spiro atoms. The number of hydrogen-bond acceptors (Lipinski definition) is 4. The van der Waals surface area contributed by atoms with Gasteiger partial charge in [0, 0.05) is 0 Å². The Kier molecular flexibility index (Phi) is 4.73. The van der Waals surface area contributed by atoms with Crippen molar-refractivity contribution in [3.8, 4) is 5.75 Å². The molecule has 1 atom stereocenters. The lowest BCUT2D eigenvalue weighted by molar-refractivity contribution is 0.0868. The minimum absolute atomic E-state index is 0.0421. The lowest BCUT2D eigenvalue weighted by Crippen LogP contribution is -2.48. The van der Waals surface area contributed by atoms with E-state index in [2.05, 4.69) is 30.1 Å². The molecule has 128 valence electrons. The van der Waals surface area contributed by atoms with Crippen molar-refractivity contribution in [2.75, 3.05) is 6.61 Å². The fourth-order valence-electron chi connectivity index (χ4n) is 2.50. The third-order valence-corrected chi connectivity index (χ3v) is 4.67. The van der Waals surface area contributed by atoms with Crippen LogP contribution in [0.15, 0.2) is 36.4 Å². The number of ether oxygens (including phenoxy) is 1. The number of aromatic nitrogens is 2. The van der Waals surface area contributed by atoms with Crippen LogP contribution in [-0.4, -0.2) is 36.7 Å². The van der Waals surface area contributed by atoms with Crippen molar-refractivity contribution < 1.29 is 14.0 Å². The van der Waals surface area contributed by atoms with Crippen LogP contribution >= 0.6 is 0 Å². The Morgan fingerprint density at radius 1 is 1.29 bits per heavy atom. The highest BCUT2D eigenvalue weighted by Crippen LogP contribution is 2.15. The molecular weight excluding hydrogens is 322 g/mol. The van der Waals surface area contributed by atoms with Crippen molar-refractivity contribution in [3.05, 3.63) is 47.8 Å². The smallest absolute Gasteiger partial charge is 0.269 e. The summed E-state index contributed by atoms with van der Waals surface area (Å²) in [5.74, 6) is 0.679. The molecule has 3 rings (SSSR count). The highest BCUT2D eigenvalue weighted by molar-refractivity contribution is 6.69. The van der Waals surface area contributed by atoms with E-state index in [0.29, 0.717) is 25.5 Å². The molecule has 2 heterocycles. The fourth-order valence-corrected chi connectivity index (χ4v) is 3.20. The summed E-state index contributed by atoms with van der Waals surface area (Å²) < 4.78 is 13.4. The molecule has 1 aliphatic rings. The number of nitrogens with one attached hydrogen (secondary N) is 1. The number of nitrogens with zero attached hydrogens (tertiary/aromatic N) is 2. The Balaban J connectivity index is 1.63. The number of hydrogen-bond donors (Lipinski definition) is 1. The minimum atomic E-state index is -1.60. The maximum absolute atomic E-state index is 12.3. The molecule has 0 fully saturated rings. The molecule has 6 nitrogen and oxygen atoms in total. The number of fused-ring (bicyclic) bond motifs is 1. The van der Waals surface area contributed by atoms with E-state index in [4.69, 9.17) is 9.16 Å². The zero-order chi connectivity index (χ0) is 17.2. The molecular formula is C17H23N3O3Si. The molecule has 0 aliphatic carbocycles. The highest BCUT2D eigenvalue weighted by Gasteiger charge is 2.27. The van der Waals surface area contributed by atoms with Gasteiger partial charge in [0.05, 0.1) is 19.2 Å². The second kappa shape index (κ2) is 6.78. The summed E-state index contributed by atoms with van der Waals surface area (Å²) in [5, 5.41) is 7.49. The summed E-state index contributed by atoms with van der Waals surface area (Å²) in [6.07, 6.45) is 0. The zero-order valence-corrected chi connectivity index (χ0v) is 15.3. The average Bonchev–Trinajstić information content (AvgIpc) is 2.95. The number of carbonyl (C=O) groups excluding carboxylic acids is 1. The van der Waals surface area contributed by atoms with Crippen molar-refractivity contribution in [2.45, 2.75) is 38.8 Å². The Labute approximate surface area is 142 Å². The first-order valence-electron chi connectivity index (χ1n) is 8.10. The van der Waals surface area contributed by atoms with Crippen LogP contribution in [0, 0.1) is 0 Å². The van der Waals surface area contributed by atoms with E-state index in [1.54, 1.807) is 10.7 Å². The molecule has 7 heteroatoms. The maximum Gasteiger partial charge on any atom is 0.269 e. The van der Waals surface area contributed by atoms with Crippen LogP contribution in [0.25, 0.3) is 0 Å². The van der Waals surface area contributed by atoms with Gasteiger partial charge in [0.2, 0.25) is 0 Å². The van der Waals surface area contributed by atoms with Gasteiger partial charge in [-0.15, -0.1) is 0 Å². The topological polar surface area (TPSA) is 65.4 Å². The van der Waals surface area contributed by atoms with Gasteiger partial charge in [-0.3, -0.25) is 9.48 Å². The highest BCUT2D eigenvalue weighted by atomic mass is 28.4. The molecule has 1 N–H and O–H groups in total. The standard InChI is InChI=1S/C17H23N3O3Si/c1-24(2,3)23-12-14-10-20-16(17(21)18-14)9-13(19-20)11-22-15-7-5-4-6-8-15/h4-9,14H,10-12H2,1-3H3,(H,18,21). The van der Waals surface area contributed by atoms with Gasteiger partial charge >= 0.3 is 0 Å². The Morgan fingerprint density at radius 2 is 2.04 bits per heavy atom. The molecule has 0 bridgehead atoms. The molecule has 1 aromatic heterocycles. The second-order valence-corrected chi connectivity index (χ2v) is 11.4. The normalized spacial score (nSPS) is 17.3. The Bertz CT molecular complexity index is 710. The third-order valence-electron chi connectivity index (χ3n) is 3.64. The number of amides is 1. The number of para-hydroxylation sites is 1. The first-order valence-corrected chi connectivity index (χ1v) is 11.5. The summed E-state index contributed by atoms with van der Waals surface area (Å²) in [7, 11) is -1.60. The van der Waals surface area contributed by atoms with Crippen molar-refractivity contribution in [3.63, 3.8) is 0 Å². The van der Waals surface area contributed by atoms with Crippen LogP contribution in [0.2, 0.25) is 19.6 Å². The van der Waals surface area contributed by atoms with Crippen molar-refractivity contribution in [1.29, 1.82) is 0 Å². The van der Waals surface area contributed by atoms with Crippen LogP contribution in [0.5, 0.6) is 5.75 Å². The quantitative estimate of drug-likeness (QED) is 0.817. The second-order valence-electron chi connectivity index (χ2n) is 6.90. The van der Waals surface area contributed by atoms with E-state index in [9.17, 15) is 4.79 Å². The molecule has 2 aromatic rings. The van der Waals surface area contributed by atoms with Crippen molar-refractivity contribution >= 4 is 14.2 Å². The van der Waals surface area contributed by atoms with Crippen molar-refractivity contribution in [1.82, 2.24) is 15.1 Å². The molecule has 1 unspecified atom stereocenters. The third kappa shape index (κ3) is 4.24. The summed E-state index contributed by atoms with van der Waals surface area (Å²) in [4.78, 5) is 12.3. The average molecular weight is 345 g/mol. The first-order chi connectivity index (χ1) is 11.4. The van der Waals surface area contributed by atoms with Gasteiger partial charge in [-0.05, 0) is 37.8 Å². The zero-order valence-electron chi connectivity index (χ0n) is 14.3. The monoisotopic (exact) mass is 345 g/mol. The summed E-state index contributed by atoms with van der Waals surface area (Å²) in [5.41, 5.74) is 1.32. The van der Waals surface area contributed by atoms with Gasteiger partial charge in [0.1, 0.15) is 23.7 Å². The number of rotatable bonds is 6. The number of carbonyl (C=O) groups is 1. The molecule has 0 saturated heterocycles. The minimum Gasteiger partial charge on any atom is -0.487 e. The molecule has 1 aromatic carbocycles. The van der Waals surface area contributed by atoms with Crippen LogP contribution in [0.3, 0.4) is 0 Å². The van der Waals surface area contributed by atoms with Gasteiger partial charge < -0.3 is 14.5 Å². The van der Waals surface area contributed by atoms with E-state index in [-0.39, 0.29) is 11.9 Å². The van der Waals surface area contributed by atoms with Crippen LogP contribution in [0.4, 0.5) is 0 Å². The molecule has 1 amide bonds. The van der Waals surface area contributed by atoms with Gasteiger partial charge in [-0.2, -0.15) is 5.10 Å². The van der Waals surface area contributed by atoms with Crippen LogP contribution < -0.4 is 10.1 Å². The van der Waals surface area contributed by atoms with Gasteiger partial charge in [0.15, 0.2) is 8.32 Å². The van der Waals surface area contributed by atoms with E-state index >= 15 is 0 Å². The lowest BCUT2D eigenvalue weighted by Gasteiger charge is -2.27. The van der Waals surface area contributed by atoms with Gasteiger partial charge in [-0.25, -0.2) is 0 Å². The van der Waals surface area contributed by atoms with Crippen molar-refractivity contribution in [2.24, 2.45) is 0 Å². The fraction of sp³-hybridized carbons (Fsp3) is 0.412. The molecule has 24 heavy (non-hydrogen) atoms. The predicted molar refractivity (Wildman–Crippen MR) is 93.6 cm³/mol. The summed E-state index contributed by atoms with van der Waals surface area (Å²) in [6.45, 7) is 7.89. The Morgan fingerprint density at radius 3 is 2.75 bits per heavy atom. The lowest BCUT2D eigenvalue weighted by atomic mass is 10.2.